The Balaban J connectivity index is 2.16. The molecule has 1 unspecified atom stereocenters. The number of ether oxygens (including phenoxy) is 1. The highest BCUT2D eigenvalue weighted by atomic mass is 127. The Morgan fingerprint density at radius 1 is 1.36 bits per heavy atom. The molecule has 7 heteroatoms. The normalized spacial score (nSPS) is 19.2. The number of piperidine rings is 1. The van der Waals surface area contributed by atoms with E-state index in [0.717, 1.165) is 36.5 Å². The van der Waals surface area contributed by atoms with Gasteiger partial charge in [0.15, 0.2) is 0 Å². The van der Waals surface area contributed by atoms with Gasteiger partial charge in [0.1, 0.15) is 11.9 Å². The van der Waals surface area contributed by atoms with Gasteiger partial charge in [-0.05, 0) is 37.5 Å². The summed E-state index contributed by atoms with van der Waals surface area (Å²) in [4.78, 5) is 2.25. The van der Waals surface area contributed by atoms with Crippen molar-refractivity contribution in [2.24, 2.45) is 5.73 Å². The van der Waals surface area contributed by atoms with Crippen LogP contribution < -0.4 is 10.5 Å². The minimum atomic E-state index is -4.44. The van der Waals surface area contributed by atoms with E-state index in [2.05, 4.69) is 27.5 Å². The molecule has 0 radical (unpaired) electrons. The summed E-state index contributed by atoms with van der Waals surface area (Å²) in [6.45, 7) is 3.37. The minimum absolute atomic E-state index is 0.0928. The van der Waals surface area contributed by atoms with E-state index in [-0.39, 0.29) is 11.9 Å². The number of rotatable bonds is 4. The fourth-order valence-corrected chi connectivity index (χ4v) is 3.16. The fourth-order valence-electron chi connectivity index (χ4n) is 2.48. The van der Waals surface area contributed by atoms with Crippen LogP contribution in [0.2, 0.25) is 0 Å². The van der Waals surface area contributed by atoms with Crippen molar-refractivity contribution in [3.05, 3.63) is 29.3 Å². The zero-order chi connectivity index (χ0) is 16.3. The lowest BCUT2D eigenvalue weighted by Gasteiger charge is -2.31. The molecule has 2 rings (SSSR count). The second kappa shape index (κ2) is 7.35. The smallest absolute Gasteiger partial charge is 0.419 e. The molecule has 3 nitrogen and oxygen atoms in total. The second-order valence-corrected chi connectivity index (χ2v) is 6.28. The van der Waals surface area contributed by atoms with E-state index in [9.17, 15) is 13.2 Å². The number of nitrogens with two attached hydrogens (primary N) is 1. The van der Waals surface area contributed by atoms with Crippen LogP contribution in [-0.4, -0.2) is 28.6 Å². The Hall–Kier alpha value is -0.540. The molecule has 2 N–H and O–H groups in total. The lowest BCUT2D eigenvalue weighted by atomic mass is 10.0. The molecule has 22 heavy (non-hydrogen) atoms. The van der Waals surface area contributed by atoms with Gasteiger partial charge in [0.25, 0.3) is 0 Å². The van der Waals surface area contributed by atoms with E-state index in [4.69, 9.17) is 10.5 Å². The van der Waals surface area contributed by atoms with E-state index in [1.807, 2.05) is 0 Å². The Morgan fingerprint density at radius 2 is 2.00 bits per heavy atom. The first-order valence-corrected chi connectivity index (χ1v) is 8.75. The van der Waals surface area contributed by atoms with Gasteiger partial charge in [0, 0.05) is 19.1 Å². The van der Waals surface area contributed by atoms with Gasteiger partial charge in [-0.25, -0.2) is 0 Å². The number of benzene rings is 1. The van der Waals surface area contributed by atoms with Gasteiger partial charge in [-0.2, -0.15) is 13.2 Å². The van der Waals surface area contributed by atoms with Crippen LogP contribution in [0.4, 0.5) is 13.2 Å². The van der Waals surface area contributed by atoms with Crippen molar-refractivity contribution in [1.29, 1.82) is 0 Å². The first-order chi connectivity index (χ1) is 10.3. The highest BCUT2D eigenvalue weighted by Crippen LogP contribution is 2.38. The topological polar surface area (TPSA) is 38.5 Å². The van der Waals surface area contributed by atoms with Crippen molar-refractivity contribution in [2.75, 3.05) is 17.6 Å². The zero-order valence-electron chi connectivity index (χ0n) is 12.4. The van der Waals surface area contributed by atoms with Crippen molar-refractivity contribution >= 4 is 22.6 Å². The van der Waals surface area contributed by atoms with E-state index < -0.39 is 17.8 Å². The maximum absolute atomic E-state index is 13.2. The molecular formula is C15H20F3IN2O. The standard InChI is InChI=1S/C15H20F3IN2O/c1-10(20)11-2-3-14(13(8-11)15(16,17)18)22-12-4-6-21(9-19)7-5-12/h2-3,8,10,12H,4-7,9,20H2,1H3. The molecule has 1 saturated heterocycles. The Bertz CT molecular complexity index is 500. The van der Waals surface area contributed by atoms with Crippen LogP contribution in [0.1, 0.15) is 36.9 Å². The minimum Gasteiger partial charge on any atom is -0.490 e. The summed E-state index contributed by atoms with van der Waals surface area (Å²) in [5, 5.41) is 0. The summed E-state index contributed by atoms with van der Waals surface area (Å²) >= 11 is 2.29. The Kier molecular flexibility index (Phi) is 5.95. The molecule has 1 aromatic carbocycles. The average molecular weight is 428 g/mol. The van der Waals surface area contributed by atoms with Gasteiger partial charge < -0.3 is 10.5 Å². The third-order valence-electron chi connectivity index (χ3n) is 3.83. The molecule has 0 bridgehead atoms. The molecule has 0 aliphatic carbocycles. The lowest BCUT2D eigenvalue weighted by molar-refractivity contribution is -0.139. The van der Waals surface area contributed by atoms with Crippen LogP contribution in [-0.2, 0) is 6.18 Å². The molecule has 1 heterocycles. The largest absolute Gasteiger partial charge is 0.490 e. The predicted octanol–water partition coefficient (Wildman–Crippen LogP) is 3.96. The summed E-state index contributed by atoms with van der Waals surface area (Å²) in [6.07, 6.45) is -3.12. The number of likely N-dealkylation sites (tertiary alicyclic amines) is 1. The van der Waals surface area contributed by atoms with Crippen LogP contribution in [0.5, 0.6) is 5.75 Å². The lowest BCUT2D eigenvalue weighted by Crippen LogP contribution is -2.37. The summed E-state index contributed by atoms with van der Waals surface area (Å²) in [6, 6.07) is 3.66. The Morgan fingerprint density at radius 3 is 2.50 bits per heavy atom. The zero-order valence-corrected chi connectivity index (χ0v) is 14.5. The number of nitrogens with zero attached hydrogens (tertiary/aromatic N) is 1. The fraction of sp³-hybridized carbons (Fsp3) is 0.600. The highest BCUT2D eigenvalue weighted by molar-refractivity contribution is 14.1. The predicted molar refractivity (Wildman–Crippen MR) is 88.2 cm³/mol. The van der Waals surface area contributed by atoms with E-state index >= 15 is 0 Å². The maximum atomic E-state index is 13.2. The van der Waals surface area contributed by atoms with Crippen molar-refractivity contribution in [1.82, 2.24) is 4.90 Å². The van der Waals surface area contributed by atoms with Gasteiger partial charge in [-0.15, -0.1) is 0 Å². The van der Waals surface area contributed by atoms with Gasteiger partial charge in [-0.3, -0.25) is 4.90 Å². The summed E-state index contributed by atoms with van der Waals surface area (Å²) in [5.41, 5.74) is 5.40. The molecule has 124 valence electrons. The molecule has 1 atom stereocenters. The molecule has 1 aliphatic heterocycles. The van der Waals surface area contributed by atoms with Gasteiger partial charge in [0.2, 0.25) is 0 Å². The van der Waals surface area contributed by atoms with Crippen molar-refractivity contribution in [3.63, 3.8) is 0 Å². The number of halogens is 4. The molecule has 0 amide bonds. The molecule has 0 spiro atoms. The number of hydrogen-bond acceptors (Lipinski definition) is 3. The van der Waals surface area contributed by atoms with Gasteiger partial charge in [-0.1, -0.05) is 28.7 Å². The number of alkyl halides is 4. The van der Waals surface area contributed by atoms with Crippen molar-refractivity contribution < 1.29 is 17.9 Å². The third-order valence-corrected chi connectivity index (χ3v) is 4.80. The van der Waals surface area contributed by atoms with Gasteiger partial charge >= 0.3 is 6.18 Å². The summed E-state index contributed by atoms with van der Waals surface area (Å²) in [5.74, 6) is -0.0928. The SMILES string of the molecule is CC(N)c1ccc(OC2CCN(CI)CC2)c(C(F)(F)F)c1. The first-order valence-electron chi connectivity index (χ1n) is 7.23. The van der Waals surface area contributed by atoms with Crippen LogP contribution in [0.3, 0.4) is 0 Å². The van der Waals surface area contributed by atoms with Crippen LogP contribution in [0.15, 0.2) is 18.2 Å². The highest BCUT2D eigenvalue weighted by Gasteiger charge is 2.35. The monoisotopic (exact) mass is 428 g/mol. The van der Waals surface area contributed by atoms with Crippen LogP contribution >= 0.6 is 22.6 Å². The molecular weight excluding hydrogens is 408 g/mol. The molecule has 1 aliphatic rings. The van der Waals surface area contributed by atoms with E-state index in [1.165, 1.54) is 6.07 Å². The maximum Gasteiger partial charge on any atom is 0.419 e. The van der Waals surface area contributed by atoms with Crippen molar-refractivity contribution in [3.8, 4) is 5.75 Å². The molecule has 0 saturated carbocycles. The second-order valence-electron chi connectivity index (χ2n) is 5.60. The van der Waals surface area contributed by atoms with E-state index in [0.29, 0.717) is 5.56 Å². The van der Waals surface area contributed by atoms with Crippen molar-refractivity contribution in [2.45, 2.75) is 38.1 Å². The number of hydrogen-bond donors (Lipinski definition) is 1. The van der Waals surface area contributed by atoms with E-state index in [1.54, 1.807) is 13.0 Å². The Labute approximate surface area is 142 Å². The first kappa shape index (κ1) is 17.8. The quantitative estimate of drug-likeness (QED) is 0.449. The summed E-state index contributed by atoms with van der Waals surface area (Å²) in [7, 11) is 0. The molecule has 0 aromatic heterocycles. The third kappa shape index (κ3) is 4.48. The average Bonchev–Trinajstić information content (AvgIpc) is 2.47. The molecule has 1 aromatic rings. The van der Waals surface area contributed by atoms with Gasteiger partial charge in [0.05, 0.1) is 10.1 Å². The summed E-state index contributed by atoms with van der Waals surface area (Å²) < 4.78 is 46.3. The van der Waals surface area contributed by atoms with Crippen LogP contribution in [0, 0.1) is 0 Å². The van der Waals surface area contributed by atoms with Crippen LogP contribution in [0.25, 0.3) is 0 Å². The molecule has 1 fully saturated rings.